The van der Waals surface area contributed by atoms with Crippen LogP contribution in [0, 0.1) is 45.1 Å². The van der Waals surface area contributed by atoms with Crippen molar-refractivity contribution in [2.45, 2.75) is 167 Å². The monoisotopic (exact) mass is 1520 g/mol. The molecule has 2 fully saturated rings. The van der Waals surface area contributed by atoms with E-state index in [2.05, 4.69) is 53.5 Å². The summed E-state index contributed by atoms with van der Waals surface area (Å²) in [5.74, 6) is -4.67. The van der Waals surface area contributed by atoms with Crippen molar-refractivity contribution < 1.29 is 61.2 Å². The van der Waals surface area contributed by atoms with E-state index in [0.717, 1.165) is 55.0 Å². The van der Waals surface area contributed by atoms with Gasteiger partial charge in [0.15, 0.2) is 5.65 Å². The molecule has 0 spiro atoms. The summed E-state index contributed by atoms with van der Waals surface area (Å²) in [5.41, 5.74) is 3.44. The van der Waals surface area contributed by atoms with E-state index < -0.39 is 81.8 Å². The maximum atomic E-state index is 13.8. The molecule has 0 aliphatic carbocycles. The molecule has 107 heavy (non-hydrogen) atoms. The van der Waals surface area contributed by atoms with E-state index in [1.54, 1.807) is 55.0 Å². The summed E-state index contributed by atoms with van der Waals surface area (Å²) in [4.78, 5) is 147. The zero-order valence-corrected chi connectivity index (χ0v) is 61.3. The number of aliphatic carboxylic acids is 1. The molecule has 9 heterocycles. The minimum absolute atomic E-state index is 0. The lowest BCUT2D eigenvalue weighted by Crippen LogP contribution is -2.32. The summed E-state index contributed by atoms with van der Waals surface area (Å²) in [7, 11) is 0. The molecule has 2 aliphatic heterocycles. The van der Waals surface area contributed by atoms with Crippen LogP contribution in [0.4, 0.5) is 13.2 Å². The van der Waals surface area contributed by atoms with Crippen LogP contribution in [0.15, 0.2) is 126 Å². The predicted octanol–water partition coefficient (Wildman–Crippen LogP) is 12.9. The number of pyridine rings is 4. The van der Waals surface area contributed by atoms with Crippen LogP contribution in [0.3, 0.4) is 0 Å². The number of rotatable bonds is 11. The van der Waals surface area contributed by atoms with Crippen LogP contribution in [0.2, 0.25) is 10.0 Å². The first kappa shape index (κ1) is 88.6. The van der Waals surface area contributed by atoms with E-state index in [-0.39, 0.29) is 87.3 Å². The number of aromatic nitrogens is 10. The van der Waals surface area contributed by atoms with Gasteiger partial charge >= 0.3 is 41.1 Å². The first-order valence-electron chi connectivity index (χ1n) is 33.0. The number of carbonyl (C=O) groups excluding carboxylic acids is 4. The topological polar surface area (TPSA) is 359 Å². The molecule has 0 radical (unpaired) electrons. The molecule has 4 N–H and O–H groups in total. The lowest BCUT2D eigenvalue weighted by Gasteiger charge is -2.17. The Morgan fingerprint density at radius 3 is 1.29 bits per heavy atom. The first-order chi connectivity index (χ1) is 49.6. The average molecular weight is 1520 g/mol. The number of nitrogens with one attached hydrogen (secondary N) is 3. The maximum absolute atomic E-state index is 13.8. The Morgan fingerprint density at radius 1 is 0.589 bits per heavy atom. The van der Waals surface area contributed by atoms with Crippen molar-refractivity contribution in [2.75, 3.05) is 19.8 Å². The highest BCUT2D eigenvalue weighted by molar-refractivity contribution is 6.31. The number of aromatic amines is 3. The number of fused-ring (bicyclic) bond motifs is 3. The molecule has 0 bridgehead atoms. The van der Waals surface area contributed by atoms with Crippen LogP contribution in [0.1, 0.15) is 170 Å². The molecule has 2 saturated heterocycles. The van der Waals surface area contributed by atoms with Crippen molar-refractivity contribution in [2.24, 2.45) is 0 Å². The Kier molecular flexibility index (Phi) is 33.6. The van der Waals surface area contributed by atoms with Crippen molar-refractivity contribution in [3.8, 4) is 17.1 Å². The Labute approximate surface area is 622 Å². The molecular weight excluding hydrogens is 1440 g/mol. The number of hydrogen-bond acceptors (Lipinski definition) is 19. The molecule has 0 saturated carbocycles. The normalized spacial score (nSPS) is 13.5. The minimum atomic E-state index is -1.49. The summed E-state index contributed by atoms with van der Waals surface area (Å²) in [5, 5.41) is 8.54. The number of halogens is 5. The van der Waals surface area contributed by atoms with Crippen molar-refractivity contribution in [3.63, 3.8) is 0 Å². The van der Waals surface area contributed by atoms with Gasteiger partial charge < -0.3 is 24.1 Å². The molecule has 10 aromatic rings. The van der Waals surface area contributed by atoms with Gasteiger partial charge in [-0.1, -0.05) is 97.8 Å². The molecule has 2 unspecified atom stereocenters. The molecule has 0 amide bonds. The zero-order valence-electron chi connectivity index (χ0n) is 59.7. The summed E-state index contributed by atoms with van der Waals surface area (Å²) in [6.45, 7) is 25.5. The van der Waals surface area contributed by atoms with Gasteiger partial charge in [-0.25, -0.2) is 46.7 Å². The number of carboxylic acids is 1. The van der Waals surface area contributed by atoms with Gasteiger partial charge in [-0.15, -0.1) is 0 Å². The van der Waals surface area contributed by atoms with Gasteiger partial charge in [0.1, 0.15) is 24.1 Å². The van der Waals surface area contributed by atoms with Gasteiger partial charge in [-0.3, -0.25) is 58.2 Å². The summed E-state index contributed by atoms with van der Waals surface area (Å²) in [6.07, 6.45) is 9.91. The lowest BCUT2D eigenvalue weighted by atomic mass is 10.0. The molecular formula is C76H87Cl2F3N10O16. The van der Waals surface area contributed by atoms with E-state index >= 15 is 0 Å². The summed E-state index contributed by atoms with van der Waals surface area (Å²) >= 11 is 11.8. The van der Waals surface area contributed by atoms with E-state index in [9.17, 15) is 56.3 Å². The van der Waals surface area contributed by atoms with Crippen LogP contribution in [0.25, 0.3) is 49.9 Å². The largest absolute Gasteiger partial charge is 0.478 e. The van der Waals surface area contributed by atoms with Crippen LogP contribution in [-0.4, -0.2) is 116 Å². The SMILES string of the molecule is C.C.CC(=O)O[C@@H](COC(=O)c1ccccc1)C(=O)O.CC1CCCO1.CC1CCCO1.Cc1ccnc(C(C)C)c1-n1c(=O)[nH]c(=O)c2cc(F)c(C)nc21.Cc1ccnc(C(C)C)c1-n1c(=O)[nH]c(=O)c2cc(F)c(Cl)cc21.Cc1ccnc(C(C)C)c1-n1c(=O)[nH]c(=O)c2cc(F)c(Cl)cc21.O=C=O. The highest BCUT2D eigenvalue weighted by atomic mass is 35.5. The third-order valence-corrected chi connectivity index (χ3v) is 16.5. The second kappa shape index (κ2) is 40.6. The first-order valence-corrected chi connectivity index (χ1v) is 33.7. The second-order valence-corrected chi connectivity index (χ2v) is 25.8. The van der Waals surface area contributed by atoms with Crippen molar-refractivity contribution >= 4 is 80.1 Å². The number of ether oxygens (including phenoxy) is 4. The van der Waals surface area contributed by atoms with E-state index in [0.29, 0.717) is 51.9 Å². The smallest absolute Gasteiger partial charge is 0.373 e. The fraction of sp³-hybridized carbons (Fsp3) is 0.368. The van der Waals surface area contributed by atoms with Crippen LogP contribution in [-0.2, 0) is 38.1 Å². The fourth-order valence-electron chi connectivity index (χ4n) is 10.8. The fourth-order valence-corrected chi connectivity index (χ4v) is 11.2. The third kappa shape index (κ3) is 22.8. The van der Waals surface area contributed by atoms with Gasteiger partial charge in [0.25, 0.3) is 16.7 Å². The van der Waals surface area contributed by atoms with E-state index in [1.807, 2.05) is 62.3 Å². The number of hydrogen-bond donors (Lipinski definition) is 4. The Balaban J connectivity index is 0.000000282. The molecule has 572 valence electrons. The maximum Gasteiger partial charge on any atom is 0.373 e. The molecule has 26 nitrogen and oxygen atoms in total. The number of carbonyl (C=O) groups is 3. The number of benzene rings is 3. The summed E-state index contributed by atoms with van der Waals surface area (Å²) < 4.78 is 64.9. The lowest BCUT2D eigenvalue weighted by molar-refractivity contribution is -0.191. The molecule has 3 aromatic carbocycles. The van der Waals surface area contributed by atoms with Gasteiger partial charge in [-0.05, 0) is 162 Å². The Hall–Kier alpha value is -10.8. The highest BCUT2D eigenvalue weighted by Crippen LogP contribution is 2.31. The van der Waals surface area contributed by atoms with Crippen molar-refractivity contribution in [1.82, 2.24) is 48.6 Å². The summed E-state index contributed by atoms with van der Waals surface area (Å²) in [6, 6.07) is 19.2. The van der Waals surface area contributed by atoms with Gasteiger partial charge in [0, 0.05) is 38.7 Å². The molecule has 7 aromatic heterocycles. The molecule has 31 heteroatoms. The average Bonchev–Trinajstić information content (AvgIpc) is 0.822. The van der Waals surface area contributed by atoms with E-state index in [4.69, 9.17) is 52.1 Å². The number of aryl methyl sites for hydroxylation is 4. The molecule has 12 rings (SSSR count). The Morgan fingerprint density at radius 2 is 0.953 bits per heavy atom. The predicted molar refractivity (Wildman–Crippen MR) is 400 cm³/mol. The minimum Gasteiger partial charge on any atom is -0.478 e. The second-order valence-electron chi connectivity index (χ2n) is 25.0. The zero-order chi connectivity index (χ0) is 77.8. The van der Waals surface area contributed by atoms with Gasteiger partial charge in [0.05, 0.1) is 94.8 Å². The number of esters is 2. The standard InChI is InChI=1S/2C17H15ClFN3O2.C17H17FN4O2.C12H12O6.2C5H10O.CO2.2CH4/c2*1-8(2)14-15(9(3)4-5-20-14)22-13-7-11(18)12(19)6-10(13)16(23)21-17(22)24;1-8(2)13-14(9(3)5-6-19-13)22-15-11(16(23)21-17(22)24)7-12(18)10(4)20-15;1-8(13)18-10(11(14)15)7-17-12(16)9-5-3-2-4-6-9;2*1-5-3-2-4-6-5;2-1-3;;/h2*4-8H,1-3H3,(H,21,23,24);5-8H,1-4H3,(H,21,23,24);2-6,10H,7H2,1H3,(H,14,15);2*5H,2-4H2,1H3;;2*1H4/t;;;10-;;;;;/m...0...../s1. The highest BCUT2D eigenvalue weighted by Gasteiger charge is 2.26. The van der Waals surface area contributed by atoms with Crippen molar-refractivity contribution in [3.05, 3.63) is 232 Å². The third-order valence-electron chi connectivity index (χ3n) is 16.0. The van der Waals surface area contributed by atoms with Gasteiger partial charge in [0.2, 0.25) is 6.10 Å². The number of nitrogens with zero attached hydrogens (tertiary/aromatic N) is 7. The van der Waals surface area contributed by atoms with Crippen LogP contribution < -0.4 is 33.7 Å². The van der Waals surface area contributed by atoms with Gasteiger partial charge in [-0.2, -0.15) is 9.59 Å². The number of carboxylic acid groups (broad SMARTS) is 1. The number of H-pyrrole nitrogens is 3. The van der Waals surface area contributed by atoms with Crippen LogP contribution in [0.5, 0.6) is 0 Å². The molecule has 3 atom stereocenters. The van der Waals surface area contributed by atoms with Crippen molar-refractivity contribution in [1.29, 1.82) is 0 Å². The quantitative estimate of drug-likeness (QED) is 0.0874. The van der Waals surface area contributed by atoms with E-state index in [1.165, 1.54) is 70.6 Å². The Bertz CT molecular complexity index is 4790. The molecule has 2 aliphatic rings. The van der Waals surface area contributed by atoms with Crippen LogP contribution >= 0.6 is 23.2 Å².